The number of nitrogens with zero attached hydrogens (tertiary/aromatic N) is 4. The van der Waals surface area contributed by atoms with Crippen LogP contribution in [0.15, 0.2) is 36.5 Å². The Hall–Kier alpha value is -2.70. The number of likely N-dealkylation sites (N-methyl/N-ethyl adjacent to an activating group) is 1. The van der Waals surface area contributed by atoms with Crippen LogP contribution in [0.3, 0.4) is 0 Å². The fraction of sp³-hybridized carbons (Fsp3) is 0.231. The van der Waals surface area contributed by atoms with Crippen LogP contribution in [0.25, 0.3) is 0 Å². The third-order valence-electron chi connectivity index (χ3n) is 2.74. The van der Waals surface area contributed by atoms with Gasteiger partial charge in [0.2, 0.25) is 5.91 Å². The molecule has 7 nitrogen and oxygen atoms in total. The Morgan fingerprint density at radius 3 is 2.60 bits per heavy atom. The number of aromatic nitrogens is 3. The van der Waals surface area contributed by atoms with Gasteiger partial charge in [0.1, 0.15) is 6.54 Å². The zero-order chi connectivity index (χ0) is 14.5. The second-order valence-corrected chi connectivity index (χ2v) is 4.34. The third-order valence-corrected chi connectivity index (χ3v) is 2.74. The van der Waals surface area contributed by atoms with Crippen molar-refractivity contribution in [1.29, 1.82) is 0 Å². The summed E-state index contributed by atoms with van der Waals surface area (Å²) in [5.74, 6) is -1.34. The highest BCUT2D eigenvalue weighted by Crippen LogP contribution is 2.03. The molecule has 0 saturated heterocycles. The van der Waals surface area contributed by atoms with E-state index in [0.29, 0.717) is 6.54 Å². The van der Waals surface area contributed by atoms with Crippen molar-refractivity contribution >= 4 is 11.9 Å². The van der Waals surface area contributed by atoms with Gasteiger partial charge in [-0.1, -0.05) is 35.5 Å². The van der Waals surface area contributed by atoms with Gasteiger partial charge < -0.3 is 10.0 Å². The van der Waals surface area contributed by atoms with Gasteiger partial charge in [-0.25, -0.2) is 9.48 Å². The predicted octanol–water partition coefficient (Wildman–Crippen LogP) is 0.635. The van der Waals surface area contributed by atoms with Crippen LogP contribution in [0.4, 0.5) is 0 Å². The molecule has 2 aromatic rings. The lowest BCUT2D eigenvalue weighted by molar-refractivity contribution is -0.131. The van der Waals surface area contributed by atoms with Gasteiger partial charge in [-0.2, -0.15) is 0 Å². The zero-order valence-electron chi connectivity index (χ0n) is 10.9. The SMILES string of the molecule is CN(Cc1ccccc1)C(=O)Cn1cc(C(=O)O)nn1. The van der Waals surface area contributed by atoms with Crippen LogP contribution in [0, 0.1) is 0 Å². The molecule has 1 aromatic carbocycles. The Labute approximate surface area is 115 Å². The summed E-state index contributed by atoms with van der Waals surface area (Å²) >= 11 is 0. The smallest absolute Gasteiger partial charge is 0.358 e. The molecule has 0 spiro atoms. The molecule has 0 atom stereocenters. The highest BCUT2D eigenvalue weighted by atomic mass is 16.4. The number of aromatic carboxylic acids is 1. The van der Waals surface area contributed by atoms with E-state index in [1.54, 1.807) is 11.9 Å². The maximum absolute atomic E-state index is 12.0. The molecule has 0 fully saturated rings. The standard InChI is InChI=1S/C13H14N4O3/c1-16(7-10-5-3-2-4-6-10)12(18)9-17-8-11(13(19)20)14-15-17/h2-6,8H,7,9H2,1H3,(H,19,20). The molecule has 20 heavy (non-hydrogen) atoms. The van der Waals surface area contributed by atoms with Crippen LogP contribution in [0.1, 0.15) is 16.1 Å². The molecule has 0 aliphatic carbocycles. The number of amides is 1. The van der Waals surface area contributed by atoms with Crippen LogP contribution in [0.5, 0.6) is 0 Å². The first kappa shape index (κ1) is 13.7. The van der Waals surface area contributed by atoms with Crippen molar-refractivity contribution in [3.05, 3.63) is 47.8 Å². The number of hydrogen-bond acceptors (Lipinski definition) is 4. The zero-order valence-corrected chi connectivity index (χ0v) is 10.9. The topological polar surface area (TPSA) is 88.3 Å². The third kappa shape index (κ3) is 3.41. The number of carbonyl (C=O) groups excluding carboxylic acids is 1. The number of hydrogen-bond donors (Lipinski definition) is 1. The van der Waals surface area contributed by atoms with Gasteiger partial charge in [-0.05, 0) is 5.56 Å². The largest absolute Gasteiger partial charge is 0.476 e. The van der Waals surface area contributed by atoms with E-state index in [-0.39, 0.29) is 18.1 Å². The van der Waals surface area contributed by atoms with Crippen molar-refractivity contribution in [3.8, 4) is 0 Å². The molecule has 1 N–H and O–H groups in total. The maximum atomic E-state index is 12.0. The van der Waals surface area contributed by atoms with E-state index in [2.05, 4.69) is 10.3 Å². The Morgan fingerprint density at radius 1 is 1.30 bits per heavy atom. The van der Waals surface area contributed by atoms with E-state index in [0.717, 1.165) is 5.56 Å². The van der Waals surface area contributed by atoms with E-state index >= 15 is 0 Å². The van der Waals surface area contributed by atoms with E-state index in [1.165, 1.54) is 10.9 Å². The Kier molecular flexibility index (Phi) is 4.09. The highest BCUT2D eigenvalue weighted by Gasteiger charge is 2.13. The fourth-order valence-electron chi connectivity index (χ4n) is 1.68. The monoisotopic (exact) mass is 274 g/mol. The minimum absolute atomic E-state index is 0.0381. The molecule has 1 amide bonds. The summed E-state index contributed by atoms with van der Waals surface area (Å²) in [7, 11) is 1.68. The average Bonchev–Trinajstić information content (AvgIpc) is 2.88. The van der Waals surface area contributed by atoms with E-state index < -0.39 is 5.97 Å². The van der Waals surface area contributed by atoms with Gasteiger partial charge >= 0.3 is 5.97 Å². The Morgan fingerprint density at radius 2 is 2.00 bits per heavy atom. The van der Waals surface area contributed by atoms with E-state index in [4.69, 9.17) is 5.11 Å². The number of carbonyl (C=O) groups is 2. The van der Waals surface area contributed by atoms with Gasteiger partial charge in [-0.3, -0.25) is 4.79 Å². The van der Waals surface area contributed by atoms with Crippen LogP contribution in [0.2, 0.25) is 0 Å². The molecule has 0 bridgehead atoms. The molecule has 0 unspecified atom stereocenters. The first-order chi connectivity index (χ1) is 9.56. The van der Waals surface area contributed by atoms with Crippen molar-refractivity contribution < 1.29 is 14.7 Å². The van der Waals surface area contributed by atoms with Gasteiger partial charge in [0.15, 0.2) is 5.69 Å². The van der Waals surface area contributed by atoms with Crippen LogP contribution in [-0.4, -0.2) is 43.9 Å². The van der Waals surface area contributed by atoms with Gasteiger partial charge in [0, 0.05) is 13.6 Å². The van der Waals surface area contributed by atoms with Crippen molar-refractivity contribution in [1.82, 2.24) is 19.9 Å². The second kappa shape index (κ2) is 5.96. The molecule has 0 saturated carbocycles. The van der Waals surface area contributed by atoms with Gasteiger partial charge in [0.05, 0.1) is 6.20 Å². The average molecular weight is 274 g/mol. The van der Waals surface area contributed by atoms with Crippen molar-refractivity contribution in [2.45, 2.75) is 13.1 Å². The quantitative estimate of drug-likeness (QED) is 0.864. The molecule has 7 heteroatoms. The van der Waals surface area contributed by atoms with Gasteiger partial charge in [0.25, 0.3) is 0 Å². The summed E-state index contributed by atoms with van der Waals surface area (Å²) in [4.78, 5) is 24.2. The minimum atomic E-state index is -1.17. The molecular weight excluding hydrogens is 260 g/mol. The van der Waals surface area contributed by atoms with E-state index in [9.17, 15) is 9.59 Å². The van der Waals surface area contributed by atoms with E-state index in [1.807, 2.05) is 30.3 Å². The molecular formula is C13H14N4O3. The lowest BCUT2D eigenvalue weighted by Gasteiger charge is -2.16. The Bertz CT molecular complexity index is 609. The summed E-state index contributed by atoms with van der Waals surface area (Å²) in [6, 6.07) is 9.59. The molecule has 1 aromatic heterocycles. The minimum Gasteiger partial charge on any atom is -0.476 e. The number of benzene rings is 1. The predicted molar refractivity (Wildman–Crippen MR) is 69.9 cm³/mol. The second-order valence-electron chi connectivity index (χ2n) is 4.34. The van der Waals surface area contributed by atoms with Crippen molar-refractivity contribution in [3.63, 3.8) is 0 Å². The summed E-state index contributed by atoms with van der Waals surface area (Å²) in [6.45, 7) is 0.448. The first-order valence-electron chi connectivity index (χ1n) is 5.97. The number of rotatable bonds is 5. The Balaban J connectivity index is 1.95. The van der Waals surface area contributed by atoms with Crippen LogP contribution < -0.4 is 0 Å². The van der Waals surface area contributed by atoms with Crippen molar-refractivity contribution in [2.75, 3.05) is 7.05 Å². The van der Waals surface area contributed by atoms with Crippen LogP contribution in [-0.2, 0) is 17.9 Å². The van der Waals surface area contributed by atoms with Crippen LogP contribution >= 0.6 is 0 Å². The summed E-state index contributed by atoms with van der Waals surface area (Å²) in [5.41, 5.74) is 0.844. The lowest BCUT2D eigenvalue weighted by Crippen LogP contribution is -2.30. The lowest BCUT2D eigenvalue weighted by atomic mass is 10.2. The first-order valence-corrected chi connectivity index (χ1v) is 5.97. The molecule has 0 aliphatic heterocycles. The summed E-state index contributed by atoms with van der Waals surface area (Å²) in [6.07, 6.45) is 1.23. The summed E-state index contributed by atoms with van der Waals surface area (Å²) in [5, 5.41) is 15.8. The molecule has 0 radical (unpaired) electrons. The van der Waals surface area contributed by atoms with Crippen molar-refractivity contribution in [2.24, 2.45) is 0 Å². The summed E-state index contributed by atoms with van der Waals surface area (Å²) < 4.78 is 1.22. The number of carboxylic acids is 1. The normalized spacial score (nSPS) is 10.2. The molecule has 1 heterocycles. The highest BCUT2D eigenvalue weighted by molar-refractivity contribution is 5.84. The number of carboxylic acid groups (broad SMARTS) is 1. The molecule has 104 valence electrons. The molecule has 0 aliphatic rings. The molecule has 2 rings (SSSR count). The van der Waals surface area contributed by atoms with Gasteiger partial charge in [-0.15, -0.1) is 5.10 Å². The maximum Gasteiger partial charge on any atom is 0.358 e. The fourth-order valence-corrected chi connectivity index (χ4v) is 1.68.